The average Bonchev–Trinajstić information content (AvgIpc) is 2.52. The molecule has 0 radical (unpaired) electrons. The Bertz CT molecular complexity index is 432. The molecule has 0 spiro atoms. The Labute approximate surface area is 122 Å². The summed E-state index contributed by atoms with van der Waals surface area (Å²) in [5.74, 6) is 2.87. The molecule has 1 aromatic rings. The number of hydrogen-bond donors (Lipinski definition) is 1. The molecule has 2 fully saturated rings. The maximum absolute atomic E-state index is 4.78. The minimum atomic E-state index is 0.702. The molecule has 2 unspecified atom stereocenters. The van der Waals surface area contributed by atoms with Crippen LogP contribution in [-0.4, -0.2) is 29.1 Å². The summed E-state index contributed by atoms with van der Waals surface area (Å²) >= 11 is 0. The Morgan fingerprint density at radius 1 is 1.20 bits per heavy atom. The normalized spacial score (nSPS) is 26.1. The number of anilines is 2. The number of hydrogen-bond acceptors (Lipinski definition) is 4. The third kappa shape index (κ3) is 2.89. The third-order valence-corrected chi connectivity index (χ3v) is 4.72. The van der Waals surface area contributed by atoms with Crippen molar-refractivity contribution in [3.63, 3.8) is 0 Å². The van der Waals surface area contributed by atoms with E-state index in [0.29, 0.717) is 6.04 Å². The molecule has 0 aromatic carbocycles. The molecular formula is C16H26N4. The van der Waals surface area contributed by atoms with Gasteiger partial charge in [0.1, 0.15) is 11.6 Å². The zero-order valence-corrected chi connectivity index (χ0v) is 12.5. The van der Waals surface area contributed by atoms with Crippen molar-refractivity contribution in [2.45, 2.75) is 57.9 Å². The fourth-order valence-electron chi connectivity index (χ4n) is 3.74. The van der Waals surface area contributed by atoms with E-state index in [0.717, 1.165) is 37.1 Å². The van der Waals surface area contributed by atoms with Gasteiger partial charge in [-0.05, 0) is 38.0 Å². The van der Waals surface area contributed by atoms with Gasteiger partial charge in [0, 0.05) is 19.1 Å². The van der Waals surface area contributed by atoms with Gasteiger partial charge >= 0.3 is 0 Å². The van der Waals surface area contributed by atoms with Crippen molar-refractivity contribution in [2.24, 2.45) is 5.92 Å². The van der Waals surface area contributed by atoms with Crippen molar-refractivity contribution in [1.82, 2.24) is 9.97 Å². The first-order valence-corrected chi connectivity index (χ1v) is 8.21. The predicted octanol–water partition coefficient (Wildman–Crippen LogP) is 3.46. The molecule has 1 aliphatic heterocycles. The molecule has 1 saturated carbocycles. The van der Waals surface area contributed by atoms with Crippen molar-refractivity contribution >= 4 is 11.6 Å². The Balaban J connectivity index is 1.76. The first kappa shape index (κ1) is 13.7. The smallest absolute Gasteiger partial charge is 0.149 e. The van der Waals surface area contributed by atoms with Crippen molar-refractivity contribution < 1.29 is 0 Å². The van der Waals surface area contributed by atoms with Gasteiger partial charge in [-0.2, -0.15) is 0 Å². The summed E-state index contributed by atoms with van der Waals surface area (Å²) in [6.07, 6.45) is 13.1. The number of nitrogens with zero attached hydrogens (tertiary/aromatic N) is 3. The van der Waals surface area contributed by atoms with Crippen LogP contribution in [0.3, 0.4) is 0 Å². The number of aromatic nitrogens is 2. The van der Waals surface area contributed by atoms with Gasteiger partial charge in [-0.3, -0.25) is 4.98 Å². The standard InChI is InChI=1S/C16H26N4/c1-2-9-18-15-11-17-12-16(19-15)20-10-5-7-13-6-3-4-8-14(13)20/h11-14H,2-10H2,1H3,(H,18,19). The molecule has 3 rings (SSSR count). The first-order valence-electron chi connectivity index (χ1n) is 8.21. The molecule has 110 valence electrons. The summed E-state index contributed by atoms with van der Waals surface area (Å²) in [7, 11) is 0. The van der Waals surface area contributed by atoms with Crippen LogP contribution in [0.2, 0.25) is 0 Å². The van der Waals surface area contributed by atoms with Gasteiger partial charge < -0.3 is 10.2 Å². The topological polar surface area (TPSA) is 41.1 Å². The number of rotatable bonds is 4. The van der Waals surface area contributed by atoms with Gasteiger partial charge in [0.05, 0.1) is 12.4 Å². The van der Waals surface area contributed by atoms with E-state index in [2.05, 4.69) is 22.1 Å². The van der Waals surface area contributed by atoms with E-state index >= 15 is 0 Å². The minimum Gasteiger partial charge on any atom is -0.369 e. The van der Waals surface area contributed by atoms with Crippen LogP contribution in [-0.2, 0) is 0 Å². The summed E-state index contributed by atoms with van der Waals surface area (Å²) in [6.45, 7) is 4.28. The van der Waals surface area contributed by atoms with Gasteiger partial charge in [-0.1, -0.05) is 19.8 Å². The molecule has 4 heteroatoms. The van der Waals surface area contributed by atoms with Crippen LogP contribution in [0.1, 0.15) is 51.9 Å². The van der Waals surface area contributed by atoms with Crippen LogP contribution >= 0.6 is 0 Å². The quantitative estimate of drug-likeness (QED) is 0.913. The predicted molar refractivity (Wildman–Crippen MR) is 83.1 cm³/mol. The van der Waals surface area contributed by atoms with E-state index in [1.165, 1.54) is 38.5 Å². The van der Waals surface area contributed by atoms with Crippen molar-refractivity contribution in [3.05, 3.63) is 12.4 Å². The summed E-state index contributed by atoms with van der Waals surface area (Å²) in [5.41, 5.74) is 0. The molecule has 20 heavy (non-hydrogen) atoms. The average molecular weight is 274 g/mol. The van der Waals surface area contributed by atoms with Crippen molar-refractivity contribution in [3.8, 4) is 0 Å². The second kappa shape index (κ2) is 6.42. The lowest BCUT2D eigenvalue weighted by Crippen LogP contribution is -2.47. The summed E-state index contributed by atoms with van der Waals surface area (Å²) in [6, 6.07) is 0.702. The molecule has 2 heterocycles. The lowest BCUT2D eigenvalue weighted by atomic mass is 9.78. The number of fused-ring (bicyclic) bond motifs is 1. The Morgan fingerprint density at radius 3 is 2.95 bits per heavy atom. The number of piperidine rings is 1. The lowest BCUT2D eigenvalue weighted by Gasteiger charge is -2.44. The van der Waals surface area contributed by atoms with Gasteiger partial charge in [0.25, 0.3) is 0 Å². The second-order valence-corrected chi connectivity index (χ2v) is 6.14. The van der Waals surface area contributed by atoms with Gasteiger partial charge in [-0.25, -0.2) is 4.98 Å². The fraction of sp³-hybridized carbons (Fsp3) is 0.750. The highest BCUT2D eigenvalue weighted by Gasteiger charge is 2.33. The van der Waals surface area contributed by atoms with E-state index in [9.17, 15) is 0 Å². The highest BCUT2D eigenvalue weighted by Crippen LogP contribution is 2.37. The molecule has 4 nitrogen and oxygen atoms in total. The lowest BCUT2D eigenvalue weighted by molar-refractivity contribution is 0.242. The van der Waals surface area contributed by atoms with E-state index in [1.54, 1.807) is 0 Å². The molecule has 1 saturated heterocycles. The van der Waals surface area contributed by atoms with Crippen LogP contribution < -0.4 is 10.2 Å². The van der Waals surface area contributed by atoms with Gasteiger partial charge in [-0.15, -0.1) is 0 Å². The van der Waals surface area contributed by atoms with Crippen LogP contribution in [0.5, 0.6) is 0 Å². The SMILES string of the molecule is CCCNc1cncc(N2CCCC3CCCCC32)n1. The summed E-state index contributed by atoms with van der Waals surface area (Å²) in [5, 5.41) is 3.35. The monoisotopic (exact) mass is 274 g/mol. The Kier molecular flexibility index (Phi) is 4.38. The van der Waals surface area contributed by atoms with Crippen LogP contribution in [0.25, 0.3) is 0 Å². The van der Waals surface area contributed by atoms with E-state index in [-0.39, 0.29) is 0 Å². The minimum absolute atomic E-state index is 0.702. The maximum atomic E-state index is 4.78. The molecule has 1 aromatic heterocycles. The Hall–Kier alpha value is -1.32. The highest BCUT2D eigenvalue weighted by molar-refractivity contribution is 5.45. The van der Waals surface area contributed by atoms with E-state index in [4.69, 9.17) is 4.98 Å². The molecule has 2 aliphatic rings. The molecule has 1 aliphatic carbocycles. The molecule has 1 N–H and O–H groups in total. The Morgan fingerprint density at radius 2 is 2.05 bits per heavy atom. The van der Waals surface area contributed by atoms with Crippen LogP contribution in [0.4, 0.5) is 11.6 Å². The summed E-state index contributed by atoms with van der Waals surface area (Å²) < 4.78 is 0. The molecule has 0 bridgehead atoms. The van der Waals surface area contributed by atoms with Crippen molar-refractivity contribution in [1.29, 1.82) is 0 Å². The van der Waals surface area contributed by atoms with Crippen LogP contribution in [0, 0.1) is 5.92 Å². The highest BCUT2D eigenvalue weighted by atomic mass is 15.2. The van der Waals surface area contributed by atoms with Crippen LogP contribution in [0.15, 0.2) is 12.4 Å². The van der Waals surface area contributed by atoms with Gasteiger partial charge in [0.2, 0.25) is 0 Å². The maximum Gasteiger partial charge on any atom is 0.149 e. The zero-order chi connectivity index (χ0) is 13.8. The van der Waals surface area contributed by atoms with Crippen molar-refractivity contribution in [2.75, 3.05) is 23.3 Å². The second-order valence-electron chi connectivity index (χ2n) is 6.14. The third-order valence-electron chi connectivity index (χ3n) is 4.72. The number of nitrogens with one attached hydrogen (secondary N) is 1. The van der Waals surface area contributed by atoms with E-state index in [1.807, 2.05) is 12.4 Å². The van der Waals surface area contributed by atoms with Gasteiger partial charge in [0.15, 0.2) is 0 Å². The van der Waals surface area contributed by atoms with E-state index < -0.39 is 0 Å². The largest absolute Gasteiger partial charge is 0.369 e. The fourth-order valence-corrected chi connectivity index (χ4v) is 3.74. The zero-order valence-electron chi connectivity index (χ0n) is 12.5. The molecule has 0 amide bonds. The molecular weight excluding hydrogens is 248 g/mol. The summed E-state index contributed by atoms with van der Waals surface area (Å²) in [4.78, 5) is 11.7. The first-order chi connectivity index (χ1) is 9.88. The molecule has 2 atom stereocenters.